The molecule has 1 aliphatic rings. The first-order chi connectivity index (χ1) is 11.5. The summed E-state index contributed by atoms with van der Waals surface area (Å²) in [6.45, 7) is 2.74. The third-order valence-corrected chi connectivity index (χ3v) is 4.41. The zero-order valence-electron chi connectivity index (χ0n) is 13.7. The summed E-state index contributed by atoms with van der Waals surface area (Å²) in [5.74, 6) is -0.824. The summed E-state index contributed by atoms with van der Waals surface area (Å²) >= 11 is 0. The summed E-state index contributed by atoms with van der Waals surface area (Å²) in [5, 5.41) is 7.09. The van der Waals surface area contributed by atoms with Crippen molar-refractivity contribution in [3.63, 3.8) is 0 Å². The lowest BCUT2D eigenvalue weighted by Gasteiger charge is -2.18. The molecule has 1 saturated heterocycles. The Hall–Kier alpha value is -2.44. The molecule has 0 radical (unpaired) electrons. The van der Waals surface area contributed by atoms with E-state index in [4.69, 9.17) is 0 Å². The Kier molecular flexibility index (Phi) is 4.51. The SMILES string of the molecule is CCc1cc(NC(=O)N2CCC(c3c(F)cccc3F)C2)n(C)n1. The van der Waals surface area contributed by atoms with E-state index in [0.29, 0.717) is 25.3 Å². The van der Waals surface area contributed by atoms with Crippen LogP contribution in [0.3, 0.4) is 0 Å². The molecule has 1 fully saturated rings. The van der Waals surface area contributed by atoms with Crippen LogP contribution in [-0.2, 0) is 13.5 Å². The molecule has 2 amide bonds. The minimum Gasteiger partial charge on any atom is -0.324 e. The highest BCUT2D eigenvalue weighted by atomic mass is 19.1. The fraction of sp³-hybridized carbons (Fsp3) is 0.412. The molecule has 1 unspecified atom stereocenters. The van der Waals surface area contributed by atoms with E-state index in [0.717, 1.165) is 12.1 Å². The largest absolute Gasteiger partial charge is 0.324 e. The molecule has 1 aromatic carbocycles. The first kappa shape index (κ1) is 16.4. The number of hydrogen-bond donors (Lipinski definition) is 1. The molecule has 0 spiro atoms. The average molecular weight is 334 g/mol. The van der Waals surface area contributed by atoms with Crippen LogP contribution >= 0.6 is 0 Å². The number of hydrogen-bond acceptors (Lipinski definition) is 2. The number of rotatable bonds is 3. The second-order valence-electron chi connectivity index (χ2n) is 6.00. The number of benzene rings is 1. The molecule has 2 aromatic rings. The number of nitrogens with zero attached hydrogens (tertiary/aromatic N) is 3. The Bertz CT molecular complexity index is 739. The van der Waals surface area contributed by atoms with Crippen LogP contribution in [0.2, 0.25) is 0 Å². The normalized spacial score (nSPS) is 17.3. The number of urea groups is 1. The zero-order valence-corrected chi connectivity index (χ0v) is 13.7. The number of amides is 2. The van der Waals surface area contributed by atoms with Crippen LogP contribution in [-0.4, -0.2) is 33.8 Å². The number of aryl methyl sites for hydroxylation is 2. The summed E-state index contributed by atoms with van der Waals surface area (Å²) in [6, 6.07) is 5.40. The van der Waals surface area contributed by atoms with Gasteiger partial charge in [0.15, 0.2) is 0 Å². The molecular weight excluding hydrogens is 314 g/mol. The van der Waals surface area contributed by atoms with Crippen LogP contribution in [0, 0.1) is 11.6 Å². The summed E-state index contributed by atoms with van der Waals surface area (Å²) in [6.07, 6.45) is 1.32. The van der Waals surface area contributed by atoms with E-state index in [2.05, 4.69) is 10.4 Å². The molecule has 2 heterocycles. The van der Waals surface area contributed by atoms with Crippen molar-refractivity contribution < 1.29 is 13.6 Å². The van der Waals surface area contributed by atoms with Gasteiger partial charge in [-0.25, -0.2) is 13.6 Å². The molecule has 1 aliphatic heterocycles. The molecule has 128 valence electrons. The molecular formula is C17H20F2N4O. The number of halogens is 2. The summed E-state index contributed by atoms with van der Waals surface area (Å²) in [7, 11) is 1.76. The average Bonchev–Trinajstić information content (AvgIpc) is 3.15. The third-order valence-electron chi connectivity index (χ3n) is 4.41. The quantitative estimate of drug-likeness (QED) is 0.936. The Balaban J connectivity index is 1.69. The van der Waals surface area contributed by atoms with Crippen LogP contribution in [0.1, 0.15) is 30.5 Å². The Morgan fingerprint density at radius 1 is 1.38 bits per heavy atom. The number of likely N-dealkylation sites (tertiary alicyclic amines) is 1. The van der Waals surface area contributed by atoms with E-state index in [-0.39, 0.29) is 17.5 Å². The number of nitrogens with one attached hydrogen (secondary N) is 1. The van der Waals surface area contributed by atoms with E-state index < -0.39 is 11.6 Å². The third kappa shape index (κ3) is 3.11. The topological polar surface area (TPSA) is 50.2 Å². The Morgan fingerprint density at radius 3 is 2.71 bits per heavy atom. The highest BCUT2D eigenvalue weighted by molar-refractivity contribution is 5.88. The van der Waals surface area contributed by atoms with Gasteiger partial charge < -0.3 is 4.90 Å². The van der Waals surface area contributed by atoms with Gasteiger partial charge in [0.05, 0.1) is 5.69 Å². The van der Waals surface area contributed by atoms with Gasteiger partial charge in [-0.3, -0.25) is 10.00 Å². The Labute approximate surface area is 139 Å². The van der Waals surface area contributed by atoms with Crippen molar-refractivity contribution in [2.24, 2.45) is 7.05 Å². The molecule has 0 saturated carbocycles. The van der Waals surface area contributed by atoms with Gasteiger partial charge in [0.25, 0.3) is 0 Å². The van der Waals surface area contributed by atoms with Crippen molar-refractivity contribution in [2.45, 2.75) is 25.7 Å². The first-order valence-corrected chi connectivity index (χ1v) is 8.02. The summed E-state index contributed by atoms with van der Waals surface area (Å²) in [4.78, 5) is 14.0. The first-order valence-electron chi connectivity index (χ1n) is 8.02. The van der Waals surface area contributed by atoms with Crippen molar-refractivity contribution in [3.8, 4) is 0 Å². The lowest BCUT2D eigenvalue weighted by molar-refractivity contribution is 0.221. The predicted octanol–water partition coefficient (Wildman–Crippen LogP) is 3.28. The fourth-order valence-corrected chi connectivity index (χ4v) is 3.09. The van der Waals surface area contributed by atoms with E-state index in [1.54, 1.807) is 16.6 Å². The monoisotopic (exact) mass is 334 g/mol. The molecule has 0 bridgehead atoms. The highest BCUT2D eigenvalue weighted by Crippen LogP contribution is 2.31. The van der Waals surface area contributed by atoms with Gasteiger partial charge >= 0.3 is 6.03 Å². The van der Waals surface area contributed by atoms with Gasteiger partial charge in [-0.05, 0) is 25.0 Å². The molecule has 0 aliphatic carbocycles. The van der Waals surface area contributed by atoms with Crippen molar-refractivity contribution >= 4 is 11.8 Å². The van der Waals surface area contributed by atoms with Crippen LogP contribution < -0.4 is 5.32 Å². The van der Waals surface area contributed by atoms with Gasteiger partial charge in [0.2, 0.25) is 0 Å². The molecule has 1 atom stereocenters. The van der Waals surface area contributed by atoms with Gasteiger partial charge in [0.1, 0.15) is 17.5 Å². The van der Waals surface area contributed by atoms with Crippen LogP contribution in [0.5, 0.6) is 0 Å². The van der Waals surface area contributed by atoms with Crippen molar-refractivity contribution in [1.82, 2.24) is 14.7 Å². The van der Waals surface area contributed by atoms with Gasteiger partial charge in [-0.15, -0.1) is 0 Å². The number of carbonyl (C=O) groups is 1. The highest BCUT2D eigenvalue weighted by Gasteiger charge is 2.31. The molecule has 3 rings (SSSR count). The maximum absolute atomic E-state index is 13.9. The minimum atomic E-state index is -0.554. The smallest absolute Gasteiger partial charge is 0.323 e. The lowest BCUT2D eigenvalue weighted by Crippen LogP contribution is -2.33. The molecule has 24 heavy (non-hydrogen) atoms. The summed E-state index contributed by atoms with van der Waals surface area (Å²) < 4.78 is 29.4. The predicted molar refractivity (Wildman–Crippen MR) is 86.9 cm³/mol. The van der Waals surface area contributed by atoms with E-state index in [9.17, 15) is 13.6 Å². The van der Waals surface area contributed by atoms with Gasteiger partial charge in [-0.1, -0.05) is 13.0 Å². The van der Waals surface area contributed by atoms with E-state index in [1.807, 2.05) is 13.0 Å². The van der Waals surface area contributed by atoms with Crippen LogP contribution in [0.4, 0.5) is 19.4 Å². The Morgan fingerprint density at radius 2 is 2.08 bits per heavy atom. The van der Waals surface area contributed by atoms with E-state index >= 15 is 0 Å². The van der Waals surface area contributed by atoms with E-state index in [1.165, 1.54) is 18.2 Å². The maximum Gasteiger partial charge on any atom is 0.323 e. The molecule has 7 heteroatoms. The number of anilines is 1. The zero-order chi connectivity index (χ0) is 17.3. The molecule has 1 aromatic heterocycles. The fourth-order valence-electron chi connectivity index (χ4n) is 3.09. The lowest BCUT2D eigenvalue weighted by atomic mass is 9.97. The standard InChI is InChI=1S/C17H20F2N4O/c1-3-12-9-15(22(2)21-12)20-17(24)23-8-7-11(10-23)16-13(18)5-4-6-14(16)19/h4-6,9,11H,3,7-8,10H2,1-2H3,(H,20,24). The summed E-state index contributed by atoms with van der Waals surface area (Å²) in [5.41, 5.74) is 0.960. The van der Waals surface area contributed by atoms with Crippen molar-refractivity contribution in [1.29, 1.82) is 0 Å². The molecule has 1 N–H and O–H groups in total. The number of aromatic nitrogens is 2. The maximum atomic E-state index is 13.9. The minimum absolute atomic E-state index is 0.0709. The second-order valence-corrected chi connectivity index (χ2v) is 6.00. The van der Waals surface area contributed by atoms with Gasteiger partial charge in [0, 0.05) is 37.7 Å². The van der Waals surface area contributed by atoms with Crippen molar-refractivity contribution in [3.05, 3.63) is 47.2 Å². The van der Waals surface area contributed by atoms with Crippen molar-refractivity contribution in [2.75, 3.05) is 18.4 Å². The molecule has 5 nitrogen and oxygen atoms in total. The van der Waals surface area contributed by atoms with Crippen LogP contribution in [0.25, 0.3) is 0 Å². The second kappa shape index (κ2) is 6.59. The van der Waals surface area contributed by atoms with Crippen LogP contribution in [0.15, 0.2) is 24.3 Å². The van der Waals surface area contributed by atoms with Gasteiger partial charge in [-0.2, -0.15) is 5.10 Å². The number of carbonyl (C=O) groups excluding carboxylic acids is 1.